The fourth-order valence-electron chi connectivity index (χ4n) is 2.28. The molecular weight excluding hydrogens is 285 g/mol. The minimum absolute atomic E-state index is 0.182. The van der Waals surface area contributed by atoms with Crippen molar-refractivity contribution >= 4 is 15.9 Å². The SMILES string of the molecule is CC(C)(CN)C1(c2cc(Br)ccc2F)COC1. The van der Waals surface area contributed by atoms with Crippen LogP contribution in [0.2, 0.25) is 0 Å². The molecule has 2 nitrogen and oxygen atoms in total. The summed E-state index contributed by atoms with van der Waals surface area (Å²) < 4.78 is 20.3. The lowest BCUT2D eigenvalue weighted by molar-refractivity contribution is -0.118. The Morgan fingerprint density at radius 2 is 2.12 bits per heavy atom. The van der Waals surface area contributed by atoms with Crippen molar-refractivity contribution in [2.75, 3.05) is 19.8 Å². The number of nitrogens with two attached hydrogens (primary N) is 1. The van der Waals surface area contributed by atoms with Gasteiger partial charge in [0.05, 0.1) is 18.6 Å². The second-order valence-electron chi connectivity index (χ2n) is 5.29. The van der Waals surface area contributed by atoms with E-state index in [1.165, 1.54) is 6.07 Å². The van der Waals surface area contributed by atoms with E-state index in [1.54, 1.807) is 6.07 Å². The number of rotatable bonds is 3. The predicted octanol–water partition coefficient (Wildman–Crippen LogP) is 2.84. The van der Waals surface area contributed by atoms with Crippen molar-refractivity contribution in [1.29, 1.82) is 0 Å². The molecule has 0 aliphatic carbocycles. The number of halogens is 2. The van der Waals surface area contributed by atoms with E-state index < -0.39 is 0 Å². The molecule has 0 amide bonds. The van der Waals surface area contributed by atoms with Crippen molar-refractivity contribution in [2.45, 2.75) is 19.3 Å². The Kier molecular flexibility index (Phi) is 3.31. The van der Waals surface area contributed by atoms with Crippen LogP contribution >= 0.6 is 15.9 Å². The molecule has 0 atom stereocenters. The van der Waals surface area contributed by atoms with E-state index in [-0.39, 0.29) is 16.6 Å². The first-order chi connectivity index (χ1) is 7.93. The summed E-state index contributed by atoms with van der Waals surface area (Å²) in [7, 11) is 0. The molecule has 0 saturated carbocycles. The van der Waals surface area contributed by atoms with Crippen LogP contribution in [0.1, 0.15) is 19.4 Å². The van der Waals surface area contributed by atoms with Crippen molar-refractivity contribution in [3.8, 4) is 0 Å². The Hall–Kier alpha value is -0.450. The van der Waals surface area contributed by atoms with Gasteiger partial charge in [0.2, 0.25) is 0 Å². The molecule has 1 aliphatic rings. The van der Waals surface area contributed by atoms with Gasteiger partial charge in [-0.25, -0.2) is 4.39 Å². The molecule has 94 valence electrons. The average Bonchev–Trinajstić information content (AvgIpc) is 2.21. The first kappa shape index (κ1) is 13.0. The summed E-state index contributed by atoms with van der Waals surface area (Å²) >= 11 is 3.39. The van der Waals surface area contributed by atoms with Gasteiger partial charge in [-0.05, 0) is 30.2 Å². The lowest BCUT2D eigenvalue weighted by atomic mass is 9.60. The van der Waals surface area contributed by atoms with Crippen molar-refractivity contribution in [3.05, 3.63) is 34.1 Å². The van der Waals surface area contributed by atoms with Gasteiger partial charge in [0, 0.05) is 10.0 Å². The zero-order chi connectivity index (χ0) is 12.7. The molecule has 0 bridgehead atoms. The summed E-state index contributed by atoms with van der Waals surface area (Å²) in [5, 5.41) is 0. The molecular formula is C13H17BrFNO. The second kappa shape index (κ2) is 4.34. The van der Waals surface area contributed by atoms with Crippen molar-refractivity contribution < 1.29 is 9.13 Å². The highest BCUT2D eigenvalue weighted by atomic mass is 79.9. The summed E-state index contributed by atoms with van der Waals surface area (Å²) in [6, 6.07) is 5.04. The first-order valence-corrected chi connectivity index (χ1v) is 6.46. The molecule has 1 fully saturated rings. The van der Waals surface area contributed by atoms with Gasteiger partial charge in [0.25, 0.3) is 0 Å². The summed E-state index contributed by atoms with van der Waals surface area (Å²) in [5.41, 5.74) is 6.04. The van der Waals surface area contributed by atoms with Crippen molar-refractivity contribution in [3.63, 3.8) is 0 Å². The predicted molar refractivity (Wildman–Crippen MR) is 69.4 cm³/mol. The maximum atomic E-state index is 14.0. The molecule has 1 aliphatic heterocycles. The van der Waals surface area contributed by atoms with Gasteiger partial charge in [-0.3, -0.25) is 0 Å². The topological polar surface area (TPSA) is 35.2 Å². The quantitative estimate of drug-likeness (QED) is 0.932. The molecule has 17 heavy (non-hydrogen) atoms. The Labute approximate surface area is 109 Å². The molecule has 1 aromatic rings. The number of hydrogen-bond acceptors (Lipinski definition) is 2. The fourth-order valence-corrected chi connectivity index (χ4v) is 2.64. The zero-order valence-electron chi connectivity index (χ0n) is 10.1. The summed E-state index contributed by atoms with van der Waals surface area (Å²) in [4.78, 5) is 0. The molecule has 0 unspecified atom stereocenters. The van der Waals surface area contributed by atoms with E-state index in [2.05, 4.69) is 29.8 Å². The largest absolute Gasteiger partial charge is 0.379 e. The molecule has 4 heteroatoms. The van der Waals surface area contributed by atoms with E-state index in [1.807, 2.05) is 6.07 Å². The van der Waals surface area contributed by atoms with Gasteiger partial charge < -0.3 is 10.5 Å². The Bertz CT molecular complexity index is 429. The minimum atomic E-state index is -0.310. The lowest BCUT2D eigenvalue weighted by Crippen LogP contribution is -2.59. The monoisotopic (exact) mass is 301 g/mol. The standard InChI is InChI=1S/C13H17BrFNO/c1-12(2,6-16)13(7-17-8-13)10-5-9(14)3-4-11(10)15/h3-5H,6-8,16H2,1-2H3. The molecule has 1 saturated heterocycles. The third-order valence-electron chi connectivity index (χ3n) is 3.95. The molecule has 0 aromatic heterocycles. The van der Waals surface area contributed by atoms with E-state index in [0.717, 1.165) is 4.47 Å². The molecule has 2 N–H and O–H groups in total. The molecule has 1 heterocycles. The van der Waals surface area contributed by atoms with Gasteiger partial charge >= 0.3 is 0 Å². The van der Waals surface area contributed by atoms with Crippen LogP contribution in [0.3, 0.4) is 0 Å². The van der Waals surface area contributed by atoms with E-state index in [9.17, 15) is 4.39 Å². The fraction of sp³-hybridized carbons (Fsp3) is 0.538. The average molecular weight is 302 g/mol. The second-order valence-corrected chi connectivity index (χ2v) is 6.20. The normalized spacial score (nSPS) is 18.9. The summed E-state index contributed by atoms with van der Waals surface area (Å²) in [6.45, 7) is 5.70. The van der Waals surface area contributed by atoms with E-state index >= 15 is 0 Å². The van der Waals surface area contributed by atoms with Crippen LogP contribution in [0.5, 0.6) is 0 Å². The summed E-state index contributed by atoms with van der Waals surface area (Å²) in [6.07, 6.45) is 0. The highest BCUT2D eigenvalue weighted by Crippen LogP contribution is 2.48. The zero-order valence-corrected chi connectivity index (χ0v) is 11.7. The Balaban J connectivity index is 2.52. The maximum absolute atomic E-state index is 14.0. The van der Waals surface area contributed by atoms with Gasteiger partial charge in [0.1, 0.15) is 5.82 Å². The van der Waals surface area contributed by atoms with Crippen LogP contribution in [0.4, 0.5) is 4.39 Å². The highest BCUT2D eigenvalue weighted by molar-refractivity contribution is 9.10. The van der Waals surface area contributed by atoms with Crippen molar-refractivity contribution in [2.24, 2.45) is 11.1 Å². The third kappa shape index (κ3) is 1.92. The van der Waals surface area contributed by atoms with Crippen LogP contribution in [0, 0.1) is 11.2 Å². The molecule has 0 radical (unpaired) electrons. The minimum Gasteiger partial charge on any atom is -0.379 e. The van der Waals surface area contributed by atoms with Crippen LogP contribution in [0.25, 0.3) is 0 Å². The summed E-state index contributed by atoms with van der Waals surface area (Å²) in [5.74, 6) is -0.182. The van der Waals surface area contributed by atoms with Crippen molar-refractivity contribution in [1.82, 2.24) is 0 Å². The maximum Gasteiger partial charge on any atom is 0.127 e. The van der Waals surface area contributed by atoms with E-state index in [4.69, 9.17) is 10.5 Å². The van der Waals surface area contributed by atoms with Crippen LogP contribution in [0.15, 0.2) is 22.7 Å². The molecule has 2 rings (SSSR count). The number of ether oxygens (including phenoxy) is 1. The number of hydrogen-bond donors (Lipinski definition) is 1. The van der Waals surface area contributed by atoms with Crippen LogP contribution < -0.4 is 5.73 Å². The Morgan fingerprint density at radius 3 is 2.59 bits per heavy atom. The third-order valence-corrected chi connectivity index (χ3v) is 4.44. The van der Waals surface area contributed by atoms with Gasteiger partial charge in [-0.15, -0.1) is 0 Å². The van der Waals surface area contributed by atoms with Crippen LogP contribution in [-0.2, 0) is 10.2 Å². The Morgan fingerprint density at radius 1 is 1.47 bits per heavy atom. The molecule has 1 aromatic carbocycles. The highest BCUT2D eigenvalue weighted by Gasteiger charge is 2.52. The molecule has 0 spiro atoms. The first-order valence-electron chi connectivity index (χ1n) is 5.66. The van der Waals surface area contributed by atoms with Crippen LogP contribution in [-0.4, -0.2) is 19.8 Å². The smallest absolute Gasteiger partial charge is 0.127 e. The van der Waals surface area contributed by atoms with E-state index in [0.29, 0.717) is 25.3 Å². The lowest BCUT2D eigenvalue weighted by Gasteiger charge is -2.52. The van der Waals surface area contributed by atoms with Gasteiger partial charge in [0.15, 0.2) is 0 Å². The van der Waals surface area contributed by atoms with Gasteiger partial charge in [-0.2, -0.15) is 0 Å². The van der Waals surface area contributed by atoms with Gasteiger partial charge in [-0.1, -0.05) is 29.8 Å². The number of benzene rings is 1.